The molecule has 0 saturated heterocycles. The summed E-state index contributed by atoms with van der Waals surface area (Å²) in [4.78, 5) is 11.2. The van der Waals surface area contributed by atoms with E-state index >= 15 is 0 Å². The van der Waals surface area contributed by atoms with Crippen molar-refractivity contribution in [1.82, 2.24) is 0 Å². The molecule has 0 amide bonds. The average molecular weight is 446 g/mol. The number of hydrogen-bond donors (Lipinski definition) is 0. The largest absolute Gasteiger partial charge is 0.872 e. The van der Waals surface area contributed by atoms with E-state index in [1.807, 2.05) is 37.3 Å². The van der Waals surface area contributed by atoms with Crippen LogP contribution in [0, 0.1) is 0 Å². The van der Waals surface area contributed by atoms with Crippen molar-refractivity contribution in [2.24, 2.45) is 0 Å². The van der Waals surface area contributed by atoms with Crippen molar-refractivity contribution in [3.05, 3.63) is 89.5 Å². The lowest BCUT2D eigenvalue weighted by Gasteiger charge is -2.20. The van der Waals surface area contributed by atoms with Crippen LogP contribution in [0.1, 0.15) is 28.9 Å². The van der Waals surface area contributed by atoms with Gasteiger partial charge in [0.2, 0.25) is 0 Å². The van der Waals surface area contributed by atoms with Crippen LogP contribution in [0.5, 0.6) is 0 Å². The van der Waals surface area contributed by atoms with Gasteiger partial charge >= 0.3 is 6.18 Å². The van der Waals surface area contributed by atoms with Crippen molar-refractivity contribution in [1.29, 1.82) is 0 Å². The molecule has 0 bridgehead atoms. The Morgan fingerprint density at radius 2 is 1.60 bits per heavy atom. The van der Waals surface area contributed by atoms with Crippen LogP contribution in [0.4, 0.5) is 13.2 Å². The van der Waals surface area contributed by atoms with E-state index in [1.54, 1.807) is 30.3 Å². The van der Waals surface area contributed by atoms with Crippen molar-refractivity contribution in [2.75, 3.05) is 0 Å². The van der Waals surface area contributed by atoms with Gasteiger partial charge in [0.25, 0.3) is 5.78 Å². The number of hydrogen-bond acceptors (Lipinski definition) is 4. The third kappa shape index (κ3) is 4.91. The van der Waals surface area contributed by atoms with Crippen LogP contribution in [-0.2, 0) is 4.79 Å². The summed E-state index contributed by atoms with van der Waals surface area (Å²) in [6.45, 7) is 1.97. The van der Waals surface area contributed by atoms with E-state index in [4.69, 9.17) is 12.2 Å². The highest BCUT2D eigenvalue weighted by molar-refractivity contribution is 8.23. The summed E-state index contributed by atoms with van der Waals surface area (Å²) >= 11 is 7.01. The number of halogens is 3. The Morgan fingerprint density at radius 1 is 1.00 bits per heavy atom. The average Bonchev–Trinajstić information content (AvgIpc) is 2.72. The number of rotatable bonds is 5. The number of fused-ring (bicyclic) bond motifs is 1. The zero-order valence-corrected chi connectivity index (χ0v) is 17.4. The van der Waals surface area contributed by atoms with Gasteiger partial charge < -0.3 is 5.11 Å². The number of carbonyl (C=O) groups is 1. The summed E-state index contributed by atoms with van der Waals surface area (Å²) in [6, 6.07) is 19.7. The molecule has 1 atom stereocenters. The Bertz CT molecular complexity index is 1120. The Hall–Kier alpha value is -2.64. The molecule has 0 spiro atoms. The fourth-order valence-corrected chi connectivity index (χ4v) is 4.53. The first kappa shape index (κ1) is 22.1. The summed E-state index contributed by atoms with van der Waals surface area (Å²) in [5.74, 6) is -3.14. The van der Waals surface area contributed by atoms with E-state index in [9.17, 15) is 23.1 Å². The third-order valence-corrected chi connectivity index (χ3v) is 6.08. The SMILES string of the molecule is CC(SC(=S)c1ccccc1)c1ccc(/C([O-])=C/C(=O)C(F)(F)F)c2ccccc12. The monoisotopic (exact) mass is 445 g/mol. The maximum absolute atomic E-state index is 12.5. The van der Waals surface area contributed by atoms with Crippen molar-refractivity contribution in [3.8, 4) is 0 Å². The third-order valence-electron chi connectivity index (χ3n) is 4.50. The zero-order chi connectivity index (χ0) is 21.9. The molecule has 0 aliphatic rings. The molecule has 0 fully saturated rings. The summed E-state index contributed by atoms with van der Waals surface area (Å²) in [7, 11) is 0. The smallest absolute Gasteiger partial charge is 0.454 e. The van der Waals surface area contributed by atoms with Crippen LogP contribution < -0.4 is 5.11 Å². The molecular weight excluding hydrogens is 429 g/mol. The van der Waals surface area contributed by atoms with Crippen molar-refractivity contribution in [2.45, 2.75) is 18.3 Å². The Kier molecular flexibility index (Phi) is 6.63. The first-order valence-corrected chi connectivity index (χ1v) is 10.2. The van der Waals surface area contributed by atoms with Crippen LogP contribution in [-0.4, -0.2) is 16.2 Å². The normalized spacial score (nSPS) is 13.3. The molecule has 154 valence electrons. The minimum atomic E-state index is -5.08. The second-order valence-electron chi connectivity index (χ2n) is 6.53. The molecule has 0 radical (unpaired) electrons. The molecular formula is C23H16F3O2S2-. The predicted molar refractivity (Wildman–Crippen MR) is 117 cm³/mol. The maximum atomic E-state index is 12.5. The first-order valence-electron chi connectivity index (χ1n) is 8.96. The summed E-state index contributed by atoms with van der Waals surface area (Å²) in [6.07, 6.45) is -4.98. The van der Waals surface area contributed by atoms with Crippen molar-refractivity contribution in [3.63, 3.8) is 0 Å². The molecule has 0 aliphatic heterocycles. The number of thiocarbonyl (C=S) groups is 1. The van der Waals surface area contributed by atoms with Gasteiger partial charge in [0.05, 0.1) is 4.20 Å². The zero-order valence-electron chi connectivity index (χ0n) is 15.8. The van der Waals surface area contributed by atoms with Gasteiger partial charge in [-0.25, -0.2) is 0 Å². The Labute approximate surface area is 181 Å². The van der Waals surface area contributed by atoms with E-state index in [0.29, 0.717) is 5.39 Å². The van der Waals surface area contributed by atoms with E-state index in [-0.39, 0.29) is 16.9 Å². The summed E-state index contributed by atoms with van der Waals surface area (Å²) in [5.41, 5.74) is 1.88. The molecule has 0 heterocycles. The Balaban J connectivity index is 1.97. The van der Waals surface area contributed by atoms with Gasteiger partial charge in [0, 0.05) is 5.25 Å². The van der Waals surface area contributed by atoms with Gasteiger partial charge in [-0.1, -0.05) is 84.7 Å². The van der Waals surface area contributed by atoms with Crippen molar-refractivity contribution < 1.29 is 23.1 Å². The van der Waals surface area contributed by atoms with Crippen LogP contribution in [0.3, 0.4) is 0 Å². The molecule has 0 N–H and O–H groups in total. The fourth-order valence-electron chi connectivity index (χ4n) is 3.04. The van der Waals surface area contributed by atoms with Crippen molar-refractivity contribution >= 4 is 50.5 Å². The quantitative estimate of drug-likeness (QED) is 0.281. The molecule has 0 saturated carbocycles. The summed E-state index contributed by atoms with van der Waals surface area (Å²) < 4.78 is 38.3. The standard InChI is InChI=1S/C23H17F3O2S2/c1-14(30-22(29)15-7-3-2-4-8-15)16-11-12-19(18-10-6-5-9-17(16)18)20(27)13-21(28)23(24,25)26/h2-14,27H,1H3/p-1/b20-13-. The summed E-state index contributed by atoms with van der Waals surface area (Å²) in [5, 5.41) is 13.5. The lowest BCUT2D eigenvalue weighted by molar-refractivity contribution is -0.244. The molecule has 30 heavy (non-hydrogen) atoms. The minimum Gasteiger partial charge on any atom is -0.872 e. The molecule has 0 aromatic heterocycles. The molecule has 1 unspecified atom stereocenters. The second kappa shape index (κ2) is 9.02. The van der Waals surface area contributed by atoms with Crippen LogP contribution >= 0.6 is 24.0 Å². The molecule has 3 aromatic carbocycles. The highest BCUT2D eigenvalue weighted by atomic mass is 32.2. The highest BCUT2D eigenvalue weighted by Crippen LogP contribution is 2.37. The van der Waals surface area contributed by atoms with Gasteiger partial charge in [0.1, 0.15) is 0 Å². The van der Waals surface area contributed by atoms with Gasteiger partial charge in [-0.15, -0.1) is 11.8 Å². The topological polar surface area (TPSA) is 40.1 Å². The minimum absolute atomic E-state index is 0.0507. The van der Waals surface area contributed by atoms with E-state index in [0.717, 1.165) is 20.7 Å². The lowest BCUT2D eigenvalue weighted by atomic mass is 9.96. The van der Waals surface area contributed by atoms with Gasteiger partial charge in [-0.2, -0.15) is 13.2 Å². The molecule has 0 aliphatic carbocycles. The molecule has 3 aromatic rings. The van der Waals surface area contributed by atoms with Crippen LogP contribution in [0.15, 0.2) is 72.8 Å². The van der Waals surface area contributed by atoms with E-state index in [2.05, 4.69) is 0 Å². The highest BCUT2D eigenvalue weighted by Gasteiger charge is 2.36. The Morgan fingerprint density at radius 3 is 2.23 bits per heavy atom. The van der Waals surface area contributed by atoms with Crippen LogP contribution in [0.25, 0.3) is 16.5 Å². The van der Waals surface area contributed by atoms with Crippen LogP contribution in [0.2, 0.25) is 0 Å². The molecule has 7 heteroatoms. The maximum Gasteiger partial charge on any atom is 0.454 e. The van der Waals surface area contributed by atoms with E-state index in [1.165, 1.54) is 17.8 Å². The number of carbonyl (C=O) groups excluding carboxylic acids is 1. The first-order chi connectivity index (χ1) is 14.2. The number of ketones is 1. The number of thioether (sulfide) groups is 1. The van der Waals surface area contributed by atoms with Gasteiger partial charge in [0.15, 0.2) is 0 Å². The molecule has 2 nitrogen and oxygen atoms in total. The van der Waals surface area contributed by atoms with E-state index < -0.39 is 17.7 Å². The number of alkyl halides is 3. The lowest BCUT2D eigenvalue weighted by Crippen LogP contribution is -2.22. The number of benzene rings is 3. The predicted octanol–water partition coefficient (Wildman–Crippen LogP) is 5.84. The second-order valence-corrected chi connectivity index (χ2v) is 8.55. The molecule has 3 rings (SSSR count). The van der Waals surface area contributed by atoms with Gasteiger partial charge in [-0.05, 0) is 40.5 Å². The number of allylic oxidation sites excluding steroid dienone is 1. The van der Waals surface area contributed by atoms with Gasteiger partial charge in [-0.3, -0.25) is 4.79 Å². The fraction of sp³-hybridized carbons (Fsp3) is 0.130.